The Kier molecular flexibility index (Phi) is 2.97. The number of rotatable bonds is 3. The summed E-state index contributed by atoms with van der Waals surface area (Å²) in [6, 6.07) is 6.44. The van der Waals surface area contributed by atoms with Crippen LogP contribution >= 0.6 is 0 Å². The van der Waals surface area contributed by atoms with Crippen molar-refractivity contribution >= 4 is 5.69 Å². The molecule has 3 unspecified atom stereocenters. The van der Waals surface area contributed by atoms with E-state index in [0.717, 1.165) is 19.3 Å². The van der Waals surface area contributed by atoms with E-state index in [1.54, 1.807) is 6.07 Å². The van der Waals surface area contributed by atoms with Crippen molar-refractivity contribution in [2.45, 2.75) is 32.1 Å². The van der Waals surface area contributed by atoms with Gasteiger partial charge in [-0.1, -0.05) is 12.5 Å². The highest BCUT2D eigenvalue weighted by Gasteiger charge is 2.51. The van der Waals surface area contributed by atoms with Gasteiger partial charge < -0.3 is 0 Å². The van der Waals surface area contributed by atoms with Gasteiger partial charge in [-0.2, -0.15) is 9.65 Å². The van der Waals surface area contributed by atoms with Crippen molar-refractivity contribution in [3.05, 3.63) is 39.7 Å². The van der Waals surface area contributed by atoms with Gasteiger partial charge in [0.25, 0.3) is 0 Å². The molecule has 2 saturated carbocycles. The molecule has 0 spiro atoms. The number of nitrogens with zero attached hydrogens (tertiary/aromatic N) is 2. The highest BCUT2D eigenvalue weighted by atomic mass is 19.1. The molecule has 4 nitrogen and oxygen atoms in total. The lowest BCUT2D eigenvalue weighted by molar-refractivity contribution is -0.387. The zero-order valence-corrected chi connectivity index (χ0v) is 11.0. The number of halogens is 1. The van der Waals surface area contributed by atoms with Gasteiger partial charge in [-0.15, -0.1) is 0 Å². The number of benzene rings is 1. The van der Waals surface area contributed by atoms with Gasteiger partial charge in [0.15, 0.2) is 0 Å². The minimum atomic E-state index is -0.816. The largest absolute Gasteiger partial charge is 0.304 e. The summed E-state index contributed by atoms with van der Waals surface area (Å²) in [7, 11) is 0. The standard InChI is InChI=1S/C15H15FN2O2/c16-13-6-11(2-4-14(13)18(19)20)8-15(9-17)7-10-1-3-12(15)5-10/h2,4,6,10,12H,1,3,5,7-8H2. The molecule has 1 aromatic carbocycles. The Morgan fingerprint density at radius 1 is 1.50 bits per heavy atom. The maximum Gasteiger partial charge on any atom is 0.304 e. The maximum absolute atomic E-state index is 13.7. The van der Waals surface area contributed by atoms with E-state index in [-0.39, 0.29) is 0 Å². The molecule has 3 rings (SSSR count). The van der Waals surface area contributed by atoms with Gasteiger partial charge in [-0.25, -0.2) is 0 Å². The quantitative estimate of drug-likeness (QED) is 0.624. The first-order valence-electron chi connectivity index (χ1n) is 6.88. The number of hydrogen-bond acceptors (Lipinski definition) is 3. The van der Waals surface area contributed by atoms with Crippen LogP contribution in [0.25, 0.3) is 0 Å². The van der Waals surface area contributed by atoms with Gasteiger partial charge in [0.05, 0.1) is 16.4 Å². The first kappa shape index (κ1) is 13.0. The summed E-state index contributed by atoms with van der Waals surface area (Å²) in [5, 5.41) is 20.2. The third-order valence-electron chi connectivity index (χ3n) is 4.93. The van der Waals surface area contributed by atoms with Gasteiger partial charge in [0.2, 0.25) is 5.82 Å². The molecular weight excluding hydrogens is 259 g/mol. The number of fused-ring (bicyclic) bond motifs is 2. The third-order valence-corrected chi connectivity index (χ3v) is 4.93. The van der Waals surface area contributed by atoms with Gasteiger partial charge in [0, 0.05) is 6.07 Å². The van der Waals surface area contributed by atoms with Gasteiger partial charge in [-0.05, 0) is 49.1 Å². The Hall–Kier alpha value is -1.96. The molecule has 2 aliphatic carbocycles. The summed E-state index contributed by atoms with van der Waals surface area (Å²) in [5.74, 6) is 0.210. The molecule has 104 valence electrons. The number of nitro benzene ring substituents is 1. The van der Waals surface area contributed by atoms with E-state index in [2.05, 4.69) is 6.07 Å². The van der Waals surface area contributed by atoms with Crippen molar-refractivity contribution in [1.82, 2.24) is 0 Å². The molecule has 5 heteroatoms. The fraction of sp³-hybridized carbons (Fsp3) is 0.533. The van der Waals surface area contributed by atoms with Gasteiger partial charge in [0.1, 0.15) is 0 Å². The molecule has 1 aromatic rings. The molecule has 2 aliphatic rings. The highest BCUT2D eigenvalue weighted by molar-refractivity contribution is 5.36. The lowest BCUT2D eigenvalue weighted by atomic mass is 9.70. The van der Waals surface area contributed by atoms with Crippen molar-refractivity contribution in [2.24, 2.45) is 17.3 Å². The minimum Gasteiger partial charge on any atom is -0.258 e. The molecule has 0 aliphatic heterocycles. The van der Waals surface area contributed by atoms with Crippen LogP contribution in [0.4, 0.5) is 10.1 Å². The van der Waals surface area contributed by atoms with E-state index in [1.807, 2.05) is 0 Å². The maximum atomic E-state index is 13.7. The molecule has 3 atom stereocenters. The SMILES string of the molecule is N#CC1(Cc2ccc([N+](=O)[O-])c(F)c2)CC2CCC1C2. The lowest BCUT2D eigenvalue weighted by Crippen LogP contribution is -2.28. The van der Waals surface area contributed by atoms with E-state index in [0.29, 0.717) is 23.8 Å². The van der Waals surface area contributed by atoms with E-state index in [9.17, 15) is 19.8 Å². The molecule has 0 amide bonds. The van der Waals surface area contributed by atoms with E-state index in [1.165, 1.54) is 18.6 Å². The third kappa shape index (κ3) is 1.96. The van der Waals surface area contributed by atoms with Crippen LogP contribution in [0.15, 0.2) is 18.2 Å². The molecule has 20 heavy (non-hydrogen) atoms. The zero-order valence-electron chi connectivity index (χ0n) is 11.0. The van der Waals surface area contributed by atoms with Crippen LogP contribution < -0.4 is 0 Å². The monoisotopic (exact) mass is 274 g/mol. The first-order valence-corrected chi connectivity index (χ1v) is 6.88. The summed E-state index contributed by atoms with van der Waals surface area (Å²) in [5.41, 5.74) is -0.221. The molecule has 2 fully saturated rings. The van der Waals surface area contributed by atoms with E-state index < -0.39 is 21.8 Å². The fourth-order valence-electron chi connectivity index (χ4n) is 4.01. The second-order valence-corrected chi connectivity index (χ2v) is 6.07. The molecule has 2 bridgehead atoms. The number of nitro groups is 1. The van der Waals surface area contributed by atoms with Crippen LogP contribution in [0.2, 0.25) is 0 Å². The number of nitriles is 1. The average molecular weight is 274 g/mol. The van der Waals surface area contributed by atoms with Crippen molar-refractivity contribution in [1.29, 1.82) is 5.26 Å². The van der Waals surface area contributed by atoms with Gasteiger partial charge in [-0.3, -0.25) is 10.1 Å². The zero-order chi connectivity index (χ0) is 14.3. The summed E-state index contributed by atoms with van der Waals surface area (Å²) < 4.78 is 13.7. The van der Waals surface area contributed by atoms with Crippen molar-refractivity contribution < 1.29 is 9.31 Å². The molecule has 0 N–H and O–H groups in total. The normalized spacial score (nSPS) is 31.2. The van der Waals surface area contributed by atoms with Crippen LogP contribution in [0, 0.1) is 44.5 Å². The molecule has 0 radical (unpaired) electrons. The molecule has 0 heterocycles. The van der Waals surface area contributed by atoms with Crippen LogP contribution in [-0.4, -0.2) is 4.92 Å². The van der Waals surface area contributed by atoms with E-state index >= 15 is 0 Å². The Morgan fingerprint density at radius 2 is 2.30 bits per heavy atom. The van der Waals surface area contributed by atoms with Crippen LogP contribution in [0.5, 0.6) is 0 Å². The van der Waals surface area contributed by atoms with Crippen molar-refractivity contribution in [3.8, 4) is 6.07 Å². The summed E-state index contributed by atoms with van der Waals surface area (Å²) in [6.45, 7) is 0. The van der Waals surface area contributed by atoms with Gasteiger partial charge >= 0.3 is 5.69 Å². The molecule has 0 aromatic heterocycles. The predicted octanol–water partition coefficient (Wildman–Crippen LogP) is 3.61. The summed E-state index contributed by atoms with van der Waals surface area (Å²) in [6.07, 6.45) is 4.76. The Bertz CT molecular complexity index is 610. The van der Waals surface area contributed by atoms with E-state index in [4.69, 9.17) is 0 Å². The molecular formula is C15H15FN2O2. The highest BCUT2D eigenvalue weighted by Crippen LogP contribution is 2.57. The van der Waals surface area contributed by atoms with Crippen molar-refractivity contribution in [2.75, 3.05) is 0 Å². The Morgan fingerprint density at radius 3 is 2.80 bits per heavy atom. The number of hydrogen-bond donors (Lipinski definition) is 0. The molecule has 0 saturated heterocycles. The Balaban J connectivity index is 1.86. The average Bonchev–Trinajstić information content (AvgIpc) is 2.99. The van der Waals surface area contributed by atoms with Crippen molar-refractivity contribution in [3.63, 3.8) is 0 Å². The fourth-order valence-corrected chi connectivity index (χ4v) is 4.01. The summed E-state index contributed by atoms with van der Waals surface area (Å²) in [4.78, 5) is 9.89. The lowest BCUT2D eigenvalue weighted by Gasteiger charge is -2.31. The second-order valence-electron chi connectivity index (χ2n) is 6.07. The predicted molar refractivity (Wildman–Crippen MR) is 70.3 cm³/mol. The Labute approximate surface area is 116 Å². The first-order chi connectivity index (χ1) is 9.54. The topological polar surface area (TPSA) is 66.9 Å². The van der Waals surface area contributed by atoms with Crippen LogP contribution in [0.3, 0.4) is 0 Å². The summed E-state index contributed by atoms with van der Waals surface area (Å²) >= 11 is 0. The van der Waals surface area contributed by atoms with Crippen LogP contribution in [0.1, 0.15) is 31.2 Å². The van der Waals surface area contributed by atoms with Crippen LogP contribution in [-0.2, 0) is 6.42 Å². The minimum absolute atomic E-state index is 0.397. The smallest absolute Gasteiger partial charge is 0.258 e. The second kappa shape index (κ2) is 4.55.